The normalized spacial score (nSPS) is 16.1. The summed E-state index contributed by atoms with van der Waals surface area (Å²) in [6.45, 7) is 15.1. The second-order valence-electron chi connectivity index (χ2n) is 10.6. The molecule has 188 valence electrons. The van der Waals surface area contributed by atoms with Crippen LogP contribution in [-0.2, 0) is 12.0 Å². The number of thiazole rings is 1. The van der Waals surface area contributed by atoms with Crippen molar-refractivity contribution in [2.45, 2.75) is 59.0 Å². The SMILES string of the molecule is CCN(CC)c1ccc(C(=O)Nc2sc3c(c2-c2nc4ccccc4s2)CC(C)(C)NC3(C)C)cc1. The van der Waals surface area contributed by atoms with Crippen LogP contribution in [0.4, 0.5) is 10.7 Å². The molecule has 0 aliphatic carbocycles. The molecule has 0 saturated heterocycles. The number of hydrogen-bond acceptors (Lipinski definition) is 6. The molecule has 2 aromatic carbocycles. The average Bonchev–Trinajstić information content (AvgIpc) is 3.40. The predicted molar refractivity (Wildman–Crippen MR) is 155 cm³/mol. The summed E-state index contributed by atoms with van der Waals surface area (Å²) < 4.78 is 1.16. The number of amides is 1. The number of fused-ring (bicyclic) bond motifs is 2. The summed E-state index contributed by atoms with van der Waals surface area (Å²) in [4.78, 5) is 22.0. The van der Waals surface area contributed by atoms with E-state index in [-0.39, 0.29) is 17.0 Å². The number of carbonyl (C=O) groups excluding carboxylic acids is 1. The van der Waals surface area contributed by atoms with Crippen LogP contribution in [0.25, 0.3) is 20.8 Å². The molecular formula is C29H34N4OS2. The Bertz CT molecular complexity index is 1380. The number of thiophene rings is 1. The van der Waals surface area contributed by atoms with Crippen LogP contribution in [0.5, 0.6) is 0 Å². The minimum Gasteiger partial charge on any atom is -0.372 e. The molecule has 5 rings (SSSR count). The summed E-state index contributed by atoms with van der Waals surface area (Å²) in [6, 6.07) is 16.1. The van der Waals surface area contributed by atoms with Gasteiger partial charge in [-0.2, -0.15) is 0 Å². The maximum Gasteiger partial charge on any atom is 0.256 e. The van der Waals surface area contributed by atoms with E-state index in [4.69, 9.17) is 4.98 Å². The molecule has 4 aromatic rings. The maximum absolute atomic E-state index is 13.4. The Hall–Kier alpha value is -2.74. The van der Waals surface area contributed by atoms with Crippen LogP contribution < -0.4 is 15.5 Å². The average molecular weight is 519 g/mol. The van der Waals surface area contributed by atoms with E-state index in [1.807, 2.05) is 36.4 Å². The molecule has 1 aliphatic rings. The Morgan fingerprint density at radius 3 is 2.39 bits per heavy atom. The second-order valence-corrected chi connectivity index (χ2v) is 12.6. The minimum atomic E-state index is -0.207. The zero-order chi connectivity index (χ0) is 25.7. The zero-order valence-corrected chi connectivity index (χ0v) is 23.5. The van der Waals surface area contributed by atoms with Crippen molar-refractivity contribution in [3.05, 3.63) is 64.5 Å². The Morgan fingerprint density at radius 2 is 1.72 bits per heavy atom. The van der Waals surface area contributed by atoms with Gasteiger partial charge in [0, 0.05) is 45.9 Å². The van der Waals surface area contributed by atoms with Gasteiger partial charge in [0.2, 0.25) is 0 Å². The monoisotopic (exact) mass is 518 g/mol. The number of carbonyl (C=O) groups is 1. The van der Waals surface area contributed by atoms with E-state index < -0.39 is 0 Å². The van der Waals surface area contributed by atoms with E-state index >= 15 is 0 Å². The zero-order valence-electron chi connectivity index (χ0n) is 21.9. The van der Waals surface area contributed by atoms with Crippen LogP contribution in [0.1, 0.15) is 62.3 Å². The molecule has 0 bridgehead atoms. The van der Waals surface area contributed by atoms with Gasteiger partial charge in [-0.05, 0) is 89.9 Å². The van der Waals surface area contributed by atoms with Crippen LogP contribution >= 0.6 is 22.7 Å². The molecule has 2 aromatic heterocycles. The van der Waals surface area contributed by atoms with Crippen molar-refractivity contribution in [3.8, 4) is 10.6 Å². The lowest BCUT2D eigenvalue weighted by atomic mass is 9.81. The second kappa shape index (κ2) is 9.29. The lowest BCUT2D eigenvalue weighted by Gasteiger charge is -2.42. The fourth-order valence-electron chi connectivity index (χ4n) is 5.41. The van der Waals surface area contributed by atoms with E-state index in [0.29, 0.717) is 5.56 Å². The van der Waals surface area contributed by atoms with E-state index in [0.717, 1.165) is 51.0 Å². The fraction of sp³-hybridized carbons (Fsp3) is 0.379. The summed E-state index contributed by atoms with van der Waals surface area (Å²) in [6.07, 6.45) is 0.877. The van der Waals surface area contributed by atoms with Gasteiger partial charge >= 0.3 is 0 Å². The van der Waals surface area contributed by atoms with E-state index in [1.54, 1.807) is 22.7 Å². The summed E-state index contributed by atoms with van der Waals surface area (Å²) in [7, 11) is 0. The summed E-state index contributed by atoms with van der Waals surface area (Å²) in [5, 5.41) is 8.92. The first-order valence-corrected chi connectivity index (χ1v) is 14.2. The Balaban J connectivity index is 1.57. The first-order valence-electron chi connectivity index (χ1n) is 12.6. The molecule has 3 heterocycles. The molecule has 0 unspecified atom stereocenters. The van der Waals surface area contributed by atoms with Crippen LogP contribution in [0.2, 0.25) is 0 Å². The highest BCUT2D eigenvalue weighted by Gasteiger charge is 2.41. The Labute approximate surface area is 221 Å². The van der Waals surface area contributed by atoms with Gasteiger partial charge in [-0.1, -0.05) is 12.1 Å². The van der Waals surface area contributed by atoms with Gasteiger partial charge in [-0.3, -0.25) is 4.79 Å². The van der Waals surface area contributed by atoms with Gasteiger partial charge in [0.05, 0.1) is 10.2 Å². The van der Waals surface area contributed by atoms with Gasteiger partial charge in [-0.25, -0.2) is 4.98 Å². The van der Waals surface area contributed by atoms with Crippen LogP contribution in [-0.4, -0.2) is 29.5 Å². The molecule has 0 radical (unpaired) electrons. The van der Waals surface area contributed by atoms with Crippen LogP contribution in [0.15, 0.2) is 48.5 Å². The molecule has 0 fully saturated rings. The first kappa shape index (κ1) is 24.9. The number of hydrogen-bond donors (Lipinski definition) is 2. The van der Waals surface area contributed by atoms with Crippen molar-refractivity contribution in [2.75, 3.05) is 23.3 Å². The van der Waals surface area contributed by atoms with Crippen molar-refractivity contribution in [2.24, 2.45) is 0 Å². The molecule has 0 saturated carbocycles. The third-order valence-corrected chi connectivity index (χ3v) is 9.36. The van der Waals surface area contributed by atoms with Crippen LogP contribution in [0.3, 0.4) is 0 Å². The predicted octanol–water partition coefficient (Wildman–Crippen LogP) is 7.28. The maximum atomic E-state index is 13.4. The standard InChI is InChI=1S/C29H34N4OS2/c1-7-33(8-2)19-15-13-18(14-16-19)25(34)31-27-23(26-30-21-11-9-10-12-22(21)35-26)20-17-28(3,4)32-29(5,6)24(20)36-27/h9-16,32H,7-8,17H2,1-6H3,(H,31,34). The number of benzene rings is 2. The van der Waals surface area contributed by atoms with Crippen molar-refractivity contribution >= 4 is 49.5 Å². The number of anilines is 2. The number of rotatable bonds is 6. The van der Waals surface area contributed by atoms with Crippen molar-refractivity contribution in [3.63, 3.8) is 0 Å². The number of nitrogens with one attached hydrogen (secondary N) is 2. The third kappa shape index (κ3) is 4.56. The minimum absolute atomic E-state index is 0.0649. The lowest BCUT2D eigenvalue weighted by Crippen LogP contribution is -2.54. The van der Waals surface area contributed by atoms with Gasteiger partial charge in [0.15, 0.2) is 0 Å². The highest BCUT2D eigenvalue weighted by atomic mass is 32.1. The third-order valence-electron chi connectivity index (χ3n) is 6.84. The fourth-order valence-corrected chi connectivity index (χ4v) is 7.79. The van der Waals surface area contributed by atoms with Gasteiger partial charge in [-0.15, -0.1) is 22.7 Å². The smallest absolute Gasteiger partial charge is 0.256 e. The highest BCUT2D eigenvalue weighted by molar-refractivity contribution is 7.23. The Morgan fingerprint density at radius 1 is 1.03 bits per heavy atom. The number of aromatic nitrogens is 1. The van der Waals surface area contributed by atoms with E-state index in [1.165, 1.54) is 10.4 Å². The number of nitrogens with zero attached hydrogens (tertiary/aromatic N) is 2. The van der Waals surface area contributed by atoms with Gasteiger partial charge in [0.1, 0.15) is 10.0 Å². The molecule has 1 amide bonds. The van der Waals surface area contributed by atoms with Crippen molar-refractivity contribution < 1.29 is 4.79 Å². The molecule has 36 heavy (non-hydrogen) atoms. The largest absolute Gasteiger partial charge is 0.372 e. The van der Waals surface area contributed by atoms with Crippen molar-refractivity contribution in [1.29, 1.82) is 0 Å². The van der Waals surface area contributed by atoms with Gasteiger partial charge < -0.3 is 15.5 Å². The van der Waals surface area contributed by atoms with Crippen molar-refractivity contribution in [1.82, 2.24) is 10.3 Å². The molecule has 2 N–H and O–H groups in total. The molecule has 5 nitrogen and oxygen atoms in total. The summed E-state index contributed by atoms with van der Waals surface area (Å²) in [5.41, 5.74) is 4.88. The quantitative estimate of drug-likeness (QED) is 0.282. The van der Waals surface area contributed by atoms with Gasteiger partial charge in [0.25, 0.3) is 5.91 Å². The van der Waals surface area contributed by atoms with E-state index in [9.17, 15) is 4.79 Å². The summed E-state index contributed by atoms with van der Waals surface area (Å²) >= 11 is 3.37. The topological polar surface area (TPSA) is 57.3 Å². The summed E-state index contributed by atoms with van der Waals surface area (Å²) in [5.74, 6) is -0.0907. The lowest BCUT2D eigenvalue weighted by molar-refractivity contribution is 0.102. The Kier molecular flexibility index (Phi) is 6.43. The molecule has 0 spiro atoms. The van der Waals surface area contributed by atoms with E-state index in [2.05, 4.69) is 69.2 Å². The molecule has 1 aliphatic heterocycles. The number of para-hydroxylation sites is 1. The molecule has 0 atom stereocenters. The molecular weight excluding hydrogens is 484 g/mol. The highest BCUT2D eigenvalue weighted by Crippen LogP contribution is 2.50. The first-order chi connectivity index (χ1) is 17.1. The van der Waals surface area contributed by atoms with Crippen LogP contribution in [0, 0.1) is 0 Å². The molecule has 7 heteroatoms.